The average Bonchev–Trinajstić information content (AvgIpc) is 3.32. The van der Waals surface area contributed by atoms with Gasteiger partial charge in [0.25, 0.3) is 0 Å². The molecule has 7 nitrogen and oxygen atoms in total. The van der Waals surface area contributed by atoms with Gasteiger partial charge in [0, 0.05) is 28.9 Å². The highest BCUT2D eigenvalue weighted by Gasteiger charge is 2.75. The maximum atomic E-state index is 13.7. The lowest BCUT2D eigenvalue weighted by molar-refractivity contribution is -0.153. The van der Waals surface area contributed by atoms with Crippen LogP contribution in [0.4, 0.5) is 5.69 Å². The second-order valence-corrected chi connectivity index (χ2v) is 11.5. The number of carbonyl (C=O) groups excluding carboxylic acids is 3. The average molecular weight is 525 g/mol. The summed E-state index contributed by atoms with van der Waals surface area (Å²) in [5.74, 6) is -1.98. The van der Waals surface area contributed by atoms with Crippen LogP contribution in [0.2, 0.25) is 0 Å². The molecule has 0 saturated carbocycles. The van der Waals surface area contributed by atoms with Gasteiger partial charge in [0.15, 0.2) is 0 Å². The van der Waals surface area contributed by atoms with Crippen molar-refractivity contribution in [3.63, 3.8) is 0 Å². The Labute approximate surface area is 200 Å². The van der Waals surface area contributed by atoms with Gasteiger partial charge in [0.2, 0.25) is 11.8 Å². The lowest BCUT2D eigenvalue weighted by Crippen LogP contribution is -2.52. The molecule has 0 aromatic heterocycles. The number of hydrogen-bond acceptors (Lipinski definition) is 6. The van der Waals surface area contributed by atoms with Crippen LogP contribution in [0.15, 0.2) is 18.2 Å². The SMILES string of the molecule is CCOC(=O)[C@H]1[C@@H]2SC3(CC2Br)C(C(=O)Nc2cc(C)ccc2C)N(CCCO)C(=O)[C@H]13. The van der Waals surface area contributed by atoms with E-state index in [1.54, 1.807) is 23.6 Å². The van der Waals surface area contributed by atoms with Crippen LogP contribution in [-0.2, 0) is 19.1 Å². The summed E-state index contributed by atoms with van der Waals surface area (Å²) in [6.45, 7) is 6.09. The number of nitrogens with zero attached hydrogens (tertiary/aromatic N) is 1. The fourth-order valence-corrected chi connectivity index (χ4v) is 9.09. The molecule has 9 heteroatoms. The molecule has 32 heavy (non-hydrogen) atoms. The van der Waals surface area contributed by atoms with Crippen molar-refractivity contribution in [1.82, 2.24) is 4.90 Å². The van der Waals surface area contributed by atoms with Gasteiger partial charge in [0.1, 0.15) is 6.04 Å². The molecule has 1 spiro atoms. The van der Waals surface area contributed by atoms with Gasteiger partial charge in [0.05, 0.1) is 23.2 Å². The topological polar surface area (TPSA) is 95.9 Å². The smallest absolute Gasteiger partial charge is 0.310 e. The molecule has 1 aromatic rings. The van der Waals surface area contributed by atoms with E-state index in [2.05, 4.69) is 21.2 Å². The van der Waals surface area contributed by atoms with Crippen LogP contribution in [0.3, 0.4) is 0 Å². The number of thioether (sulfide) groups is 1. The van der Waals surface area contributed by atoms with Crippen LogP contribution in [0.5, 0.6) is 0 Å². The maximum absolute atomic E-state index is 13.7. The largest absolute Gasteiger partial charge is 0.466 e. The fraction of sp³-hybridized carbons (Fsp3) is 0.609. The number of fused-ring (bicyclic) bond motifs is 1. The number of rotatable bonds is 7. The Hall–Kier alpha value is -1.58. The van der Waals surface area contributed by atoms with E-state index in [1.807, 2.05) is 32.0 Å². The molecule has 0 aliphatic carbocycles. The standard InChI is InChI=1S/C23H29BrN2O5S/c1-4-31-22(30)16-17-21(29)26(8-5-9-27)19(23(17)11-14(24)18(16)32-23)20(28)25-15-10-12(2)6-7-13(15)3/h6-7,10,14,16-19,27H,4-5,8-9,11H2,1-3H3,(H,25,28)/t14?,16-,17+,18-,19?,23?/m1/s1. The first-order valence-electron chi connectivity index (χ1n) is 11.0. The molecule has 3 heterocycles. The Morgan fingerprint density at radius 1 is 1.38 bits per heavy atom. The molecule has 4 rings (SSSR count). The minimum absolute atomic E-state index is 0.0137. The third-order valence-corrected chi connectivity index (χ3v) is 10.0. The van der Waals surface area contributed by atoms with Crippen molar-refractivity contribution in [3.05, 3.63) is 29.3 Å². The van der Waals surface area contributed by atoms with Crippen molar-refractivity contribution in [3.8, 4) is 0 Å². The van der Waals surface area contributed by atoms with Crippen LogP contribution in [-0.4, -0.2) is 68.4 Å². The molecule has 3 aliphatic heterocycles. The molecule has 6 atom stereocenters. The highest BCUT2D eigenvalue weighted by Crippen LogP contribution is 2.67. The van der Waals surface area contributed by atoms with Gasteiger partial charge in [-0.2, -0.15) is 0 Å². The normalized spacial score (nSPS) is 32.8. The van der Waals surface area contributed by atoms with Gasteiger partial charge in [-0.1, -0.05) is 28.1 Å². The Balaban J connectivity index is 1.72. The monoisotopic (exact) mass is 524 g/mol. The number of carbonyl (C=O) groups is 3. The zero-order valence-corrected chi connectivity index (χ0v) is 20.9. The first-order valence-corrected chi connectivity index (χ1v) is 12.8. The first kappa shape index (κ1) is 23.6. The summed E-state index contributed by atoms with van der Waals surface area (Å²) in [7, 11) is 0. The lowest BCUT2D eigenvalue weighted by Gasteiger charge is -2.35. The molecule has 2 amide bonds. The molecule has 3 unspecified atom stereocenters. The number of halogens is 1. The second kappa shape index (κ2) is 8.99. The minimum Gasteiger partial charge on any atom is -0.466 e. The van der Waals surface area contributed by atoms with Crippen LogP contribution < -0.4 is 5.32 Å². The number of benzene rings is 1. The number of esters is 1. The number of likely N-dealkylation sites (tertiary alicyclic amines) is 1. The summed E-state index contributed by atoms with van der Waals surface area (Å²) in [4.78, 5) is 41.8. The molecule has 0 radical (unpaired) electrons. The first-order chi connectivity index (χ1) is 15.2. The van der Waals surface area contributed by atoms with Crippen molar-refractivity contribution < 1.29 is 24.2 Å². The number of aliphatic hydroxyl groups is 1. The Morgan fingerprint density at radius 2 is 2.12 bits per heavy atom. The van der Waals surface area contributed by atoms with Gasteiger partial charge in [-0.05, 0) is 50.8 Å². The van der Waals surface area contributed by atoms with Crippen molar-refractivity contribution in [2.75, 3.05) is 25.1 Å². The predicted molar refractivity (Wildman–Crippen MR) is 127 cm³/mol. The van der Waals surface area contributed by atoms with E-state index < -0.39 is 22.6 Å². The van der Waals surface area contributed by atoms with Crippen LogP contribution in [0.25, 0.3) is 0 Å². The summed E-state index contributed by atoms with van der Waals surface area (Å²) >= 11 is 5.30. The van der Waals surface area contributed by atoms with E-state index in [0.29, 0.717) is 12.8 Å². The van der Waals surface area contributed by atoms with Gasteiger partial charge in [-0.15, -0.1) is 11.8 Å². The van der Waals surface area contributed by atoms with E-state index in [-0.39, 0.29) is 47.6 Å². The lowest BCUT2D eigenvalue weighted by atomic mass is 9.71. The van der Waals surface area contributed by atoms with E-state index in [1.165, 1.54) is 0 Å². The van der Waals surface area contributed by atoms with Crippen LogP contribution in [0, 0.1) is 25.7 Å². The number of hydrogen-bond donors (Lipinski definition) is 2. The quantitative estimate of drug-likeness (QED) is 0.420. The number of ether oxygens (including phenoxy) is 1. The van der Waals surface area contributed by atoms with Crippen LogP contribution >= 0.6 is 27.7 Å². The Bertz CT molecular complexity index is 943. The zero-order valence-electron chi connectivity index (χ0n) is 18.5. The van der Waals surface area contributed by atoms with Crippen molar-refractivity contribution in [2.24, 2.45) is 11.8 Å². The minimum atomic E-state index is -0.721. The molecule has 1 aromatic carbocycles. The summed E-state index contributed by atoms with van der Waals surface area (Å²) in [6.07, 6.45) is 0.993. The molecule has 3 saturated heterocycles. The number of aryl methyl sites for hydroxylation is 2. The van der Waals surface area contributed by atoms with E-state index in [9.17, 15) is 19.5 Å². The number of alkyl halides is 1. The highest BCUT2D eigenvalue weighted by molar-refractivity contribution is 9.09. The predicted octanol–water partition coefficient (Wildman–Crippen LogP) is 2.65. The summed E-state index contributed by atoms with van der Waals surface area (Å²) in [5.41, 5.74) is 2.69. The van der Waals surface area contributed by atoms with Crippen molar-refractivity contribution >= 4 is 51.2 Å². The summed E-state index contributed by atoms with van der Waals surface area (Å²) in [5, 5.41) is 12.3. The molecule has 3 aliphatic rings. The van der Waals surface area contributed by atoms with E-state index in [4.69, 9.17) is 4.74 Å². The Morgan fingerprint density at radius 3 is 2.81 bits per heavy atom. The van der Waals surface area contributed by atoms with Gasteiger partial charge >= 0.3 is 5.97 Å². The third kappa shape index (κ3) is 3.66. The van der Waals surface area contributed by atoms with Crippen molar-refractivity contribution in [2.45, 2.75) is 54.5 Å². The summed E-state index contributed by atoms with van der Waals surface area (Å²) < 4.78 is 4.63. The summed E-state index contributed by atoms with van der Waals surface area (Å²) in [6, 6.07) is 5.14. The fourth-order valence-electron chi connectivity index (χ4n) is 5.49. The van der Waals surface area contributed by atoms with E-state index in [0.717, 1.165) is 16.8 Å². The van der Waals surface area contributed by atoms with E-state index >= 15 is 0 Å². The van der Waals surface area contributed by atoms with Crippen molar-refractivity contribution in [1.29, 1.82) is 0 Å². The molecular formula is C23H29BrN2O5S. The third-order valence-electron chi connectivity index (χ3n) is 6.80. The number of amides is 2. The number of aliphatic hydroxyl groups excluding tert-OH is 1. The Kier molecular flexibility index (Phi) is 6.62. The van der Waals surface area contributed by atoms with Gasteiger partial charge < -0.3 is 20.1 Å². The van der Waals surface area contributed by atoms with Crippen LogP contribution in [0.1, 0.15) is 30.9 Å². The molecule has 2 bridgehead atoms. The van der Waals surface area contributed by atoms with Gasteiger partial charge in [-0.25, -0.2) is 0 Å². The molecule has 2 N–H and O–H groups in total. The highest BCUT2D eigenvalue weighted by atomic mass is 79.9. The molecule has 3 fully saturated rings. The molecular weight excluding hydrogens is 496 g/mol. The van der Waals surface area contributed by atoms with Gasteiger partial charge in [-0.3, -0.25) is 14.4 Å². The number of anilines is 1. The zero-order chi connectivity index (χ0) is 23.2. The second-order valence-electron chi connectivity index (χ2n) is 8.83. The maximum Gasteiger partial charge on any atom is 0.310 e. The number of nitrogens with one attached hydrogen (secondary N) is 1. The molecule has 174 valence electrons.